The second-order valence-corrected chi connectivity index (χ2v) is 15.3. The summed E-state index contributed by atoms with van der Waals surface area (Å²) in [6.07, 6.45) is 1.30. The van der Waals surface area contributed by atoms with Gasteiger partial charge in [0.1, 0.15) is 0 Å². The Kier molecular flexibility index (Phi) is 9.45. The molecule has 0 aliphatic heterocycles. The Morgan fingerprint density at radius 2 is 1.25 bits per heavy atom. The number of hydrogen-bond donors (Lipinski definition) is 0. The van der Waals surface area contributed by atoms with Crippen molar-refractivity contribution >= 4 is 43.2 Å². The number of benzene rings is 8. The van der Waals surface area contributed by atoms with Crippen LogP contribution in [0.15, 0.2) is 200 Å². The predicted molar refractivity (Wildman–Crippen MR) is 253 cm³/mol. The smallest absolute Gasteiger partial charge is 0.0774 e. The standard InChI is InChI=1S/C43H27N2S.C13H12N.Ir/c1-3-13-30(14-4-1)35-18-11-19-36(31-15-5-2-6-16-31)42(35)45-40-21-10-9-20-39(40)44-43(45)38-28-46-41-25-24-34(27-37(38)41)33-23-22-29-12-7-8-17-32(29)26-33;1-10-3-6-12(7-4-10)13-8-5-11(2)9-14-13;/h1-27H;3-6,8-9H,1-2H3;/q2*-1;/i;1D3,2D3;. The summed E-state index contributed by atoms with van der Waals surface area (Å²) >= 11 is 1.65. The van der Waals surface area contributed by atoms with E-state index in [1.54, 1.807) is 23.5 Å². The predicted octanol–water partition coefficient (Wildman–Crippen LogP) is 15.0. The third-order valence-electron chi connectivity index (χ3n) is 10.7. The topological polar surface area (TPSA) is 30.7 Å². The Morgan fingerprint density at radius 1 is 0.574 bits per heavy atom. The number of para-hydroxylation sites is 3. The van der Waals surface area contributed by atoms with Gasteiger partial charge in [0.25, 0.3) is 0 Å². The molecule has 8 aromatic carbocycles. The van der Waals surface area contributed by atoms with Gasteiger partial charge in [-0.15, -0.1) is 40.8 Å². The SMILES string of the molecule is [2H]C([2H])([2H])c1c[c-]c(-c2ccc(C([2H])([2H])[2H])cn2)cc1.[Ir].[c-]1sc2ccc(-c3ccc4ccccc4c3)cc2c1-c1nc2ccccc2n1-c1c(-c2ccccc2)cccc1-c1ccccc1. The first kappa shape index (κ1) is 33.0. The average molecular weight is 984 g/mol. The summed E-state index contributed by atoms with van der Waals surface area (Å²) in [5.74, 6) is 0.892. The van der Waals surface area contributed by atoms with Gasteiger partial charge < -0.3 is 9.55 Å². The Labute approximate surface area is 382 Å². The van der Waals surface area contributed by atoms with Crippen molar-refractivity contribution in [3.63, 3.8) is 0 Å². The maximum absolute atomic E-state index is 7.28. The third-order valence-corrected chi connectivity index (χ3v) is 11.5. The molecule has 5 heteroatoms. The van der Waals surface area contributed by atoms with Crippen molar-refractivity contribution in [3.8, 4) is 61.7 Å². The maximum Gasteiger partial charge on any atom is 0.0774 e. The zero-order chi connectivity index (χ0) is 45.4. The van der Waals surface area contributed by atoms with Gasteiger partial charge in [-0.2, -0.15) is 0 Å². The number of hydrogen-bond acceptors (Lipinski definition) is 3. The summed E-state index contributed by atoms with van der Waals surface area (Å²) in [4.78, 5) is 9.41. The van der Waals surface area contributed by atoms with Crippen molar-refractivity contribution < 1.29 is 28.3 Å². The van der Waals surface area contributed by atoms with Gasteiger partial charge in [0, 0.05) is 45.7 Å². The zero-order valence-electron chi connectivity index (χ0n) is 38.6. The third kappa shape index (κ3) is 8.00. The van der Waals surface area contributed by atoms with Crippen LogP contribution in [0.25, 0.3) is 93.6 Å². The molecule has 11 rings (SSSR count). The molecule has 61 heavy (non-hydrogen) atoms. The number of thiophene rings is 1. The molecule has 11 aromatic rings. The molecule has 0 fully saturated rings. The van der Waals surface area contributed by atoms with Crippen molar-refractivity contribution in [2.45, 2.75) is 13.7 Å². The van der Waals surface area contributed by atoms with E-state index in [2.05, 4.69) is 185 Å². The zero-order valence-corrected chi connectivity index (χ0v) is 35.8. The van der Waals surface area contributed by atoms with Gasteiger partial charge in [0.15, 0.2) is 0 Å². The first-order chi connectivity index (χ1) is 32.0. The van der Waals surface area contributed by atoms with E-state index in [1.807, 2.05) is 0 Å². The summed E-state index contributed by atoms with van der Waals surface area (Å²) in [5.41, 5.74) is 12.7. The monoisotopic (exact) mass is 984 g/mol. The van der Waals surface area contributed by atoms with Crippen LogP contribution in [0, 0.1) is 25.2 Å². The van der Waals surface area contributed by atoms with E-state index in [0.29, 0.717) is 11.3 Å². The second kappa shape index (κ2) is 17.5. The fourth-order valence-electron chi connectivity index (χ4n) is 7.73. The van der Waals surface area contributed by atoms with Crippen molar-refractivity contribution in [3.05, 3.63) is 223 Å². The van der Waals surface area contributed by atoms with Crippen LogP contribution in [-0.4, -0.2) is 14.5 Å². The minimum absolute atomic E-state index is 0. The van der Waals surface area contributed by atoms with E-state index < -0.39 is 13.7 Å². The fraction of sp³-hybridized carbons (Fsp3) is 0.0357. The maximum atomic E-state index is 7.28. The Hall–Kier alpha value is -6.75. The Balaban J connectivity index is 0.000000226. The van der Waals surface area contributed by atoms with E-state index in [9.17, 15) is 0 Å². The molecule has 0 amide bonds. The largest absolute Gasteiger partial charge is 0.332 e. The number of fused-ring (bicyclic) bond motifs is 3. The number of aromatic nitrogens is 3. The molecule has 3 heterocycles. The molecule has 0 spiro atoms. The molecule has 0 saturated heterocycles. The molecule has 0 aliphatic rings. The molecule has 3 aromatic heterocycles. The summed E-state index contributed by atoms with van der Waals surface area (Å²) in [5, 5.41) is 7.33. The van der Waals surface area contributed by atoms with Crippen LogP contribution < -0.4 is 0 Å². The van der Waals surface area contributed by atoms with Gasteiger partial charge in [-0.25, -0.2) is 0 Å². The molecule has 0 saturated carbocycles. The molecule has 0 N–H and O–H groups in total. The molecule has 0 bridgehead atoms. The van der Waals surface area contributed by atoms with Crippen molar-refractivity contribution in [1.82, 2.24) is 14.5 Å². The molecular formula is C56H39IrN3S-2. The van der Waals surface area contributed by atoms with Crippen molar-refractivity contribution in [1.29, 1.82) is 0 Å². The summed E-state index contributed by atoms with van der Waals surface area (Å²) < 4.78 is 47.2. The summed E-state index contributed by atoms with van der Waals surface area (Å²) in [6, 6.07) is 68.8. The first-order valence-electron chi connectivity index (χ1n) is 22.6. The Morgan fingerprint density at radius 3 is 1.95 bits per heavy atom. The normalized spacial score (nSPS) is 12.9. The number of imidazole rings is 1. The average Bonchev–Trinajstić information content (AvgIpc) is 3.95. The summed E-state index contributed by atoms with van der Waals surface area (Å²) in [6.45, 7) is -4.34. The minimum atomic E-state index is -2.18. The molecule has 3 nitrogen and oxygen atoms in total. The number of rotatable bonds is 6. The van der Waals surface area contributed by atoms with Crippen LogP contribution in [-0.2, 0) is 20.1 Å². The molecule has 0 atom stereocenters. The van der Waals surface area contributed by atoms with Gasteiger partial charge >= 0.3 is 0 Å². The fourth-order valence-corrected chi connectivity index (χ4v) is 8.55. The second-order valence-electron chi connectivity index (χ2n) is 14.5. The number of pyridine rings is 1. The van der Waals surface area contributed by atoms with Gasteiger partial charge in [0.05, 0.1) is 22.5 Å². The Bertz CT molecular complexity index is 3380. The van der Waals surface area contributed by atoms with Crippen LogP contribution in [0.1, 0.15) is 19.4 Å². The van der Waals surface area contributed by atoms with Crippen LogP contribution in [0.4, 0.5) is 0 Å². The van der Waals surface area contributed by atoms with E-state index >= 15 is 0 Å². The molecular weight excluding hydrogens is 939 g/mol. The number of nitrogens with zero attached hydrogens (tertiary/aromatic N) is 3. The van der Waals surface area contributed by atoms with E-state index in [-0.39, 0.29) is 31.2 Å². The van der Waals surface area contributed by atoms with E-state index in [0.717, 1.165) is 55.7 Å². The minimum Gasteiger partial charge on any atom is -0.332 e. The van der Waals surface area contributed by atoms with E-state index in [1.165, 1.54) is 51.0 Å². The number of aryl methyl sites for hydroxylation is 2. The molecule has 295 valence electrons. The van der Waals surface area contributed by atoms with E-state index in [4.69, 9.17) is 13.2 Å². The van der Waals surface area contributed by atoms with Gasteiger partial charge in [-0.1, -0.05) is 180 Å². The van der Waals surface area contributed by atoms with Crippen molar-refractivity contribution in [2.24, 2.45) is 0 Å². The quantitative estimate of drug-likeness (QED) is 0.155. The van der Waals surface area contributed by atoms with Crippen LogP contribution in [0.3, 0.4) is 0 Å². The molecule has 0 aliphatic carbocycles. The van der Waals surface area contributed by atoms with Crippen LogP contribution >= 0.6 is 11.3 Å². The summed E-state index contributed by atoms with van der Waals surface area (Å²) in [7, 11) is 0. The van der Waals surface area contributed by atoms with Crippen molar-refractivity contribution in [2.75, 3.05) is 0 Å². The first-order valence-corrected chi connectivity index (χ1v) is 20.5. The van der Waals surface area contributed by atoms with Gasteiger partial charge in [0.2, 0.25) is 0 Å². The molecule has 0 unspecified atom stereocenters. The van der Waals surface area contributed by atoms with Crippen LogP contribution in [0.5, 0.6) is 0 Å². The van der Waals surface area contributed by atoms with Crippen LogP contribution in [0.2, 0.25) is 0 Å². The van der Waals surface area contributed by atoms with Gasteiger partial charge in [-0.05, 0) is 69.3 Å². The van der Waals surface area contributed by atoms with Gasteiger partial charge in [-0.3, -0.25) is 16.3 Å². The molecule has 1 radical (unpaired) electrons.